The molecule has 0 spiro atoms. The van der Waals surface area contributed by atoms with Gasteiger partial charge < -0.3 is 5.32 Å². The molecule has 120 valence electrons. The van der Waals surface area contributed by atoms with Crippen LogP contribution in [-0.2, 0) is 13.1 Å². The number of aromatic nitrogens is 3. The number of H-pyrrole nitrogens is 1. The molecule has 0 aliphatic carbocycles. The van der Waals surface area contributed by atoms with Crippen LogP contribution in [0.5, 0.6) is 0 Å². The molecule has 0 saturated carbocycles. The van der Waals surface area contributed by atoms with Crippen LogP contribution in [-0.4, -0.2) is 39.2 Å². The molecule has 0 bridgehead atoms. The Morgan fingerprint density at radius 3 is 2.82 bits per heavy atom. The van der Waals surface area contributed by atoms with Gasteiger partial charge in [0.1, 0.15) is 0 Å². The first-order valence-electron chi connectivity index (χ1n) is 7.75. The lowest BCUT2D eigenvalue weighted by Crippen LogP contribution is -2.35. The van der Waals surface area contributed by atoms with Crippen LogP contribution in [0.1, 0.15) is 30.7 Å². The van der Waals surface area contributed by atoms with Crippen molar-refractivity contribution in [3.63, 3.8) is 0 Å². The van der Waals surface area contributed by atoms with Gasteiger partial charge in [-0.15, -0.1) is 12.4 Å². The van der Waals surface area contributed by atoms with Gasteiger partial charge in [-0.1, -0.05) is 6.07 Å². The van der Waals surface area contributed by atoms with E-state index in [4.69, 9.17) is 0 Å². The van der Waals surface area contributed by atoms with E-state index in [0.717, 1.165) is 31.9 Å². The summed E-state index contributed by atoms with van der Waals surface area (Å²) in [5.74, 6) is 0. The van der Waals surface area contributed by atoms with Crippen molar-refractivity contribution in [1.29, 1.82) is 0 Å². The van der Waals surface area contributed by atoms with Crippen molar-refractivity contribution in [2.45, 2.75) is 38.4 Å². The van der Waals surface area contributed by atoms with Crippen molar-refractivity contribution in [3.8, 4) is 0 Å². The maximum atomic E-state index is 4.48. The third-order valence-corrected chi connectivity index (χ3v) is 4.08. The van der Waals surface area contributed by atoms with Gasteiger partial charge in [-0.05, 0) is 50.6 Å². The van der Waals surface area contributed by atoms with Crippen LogP contribution in [0.2, 0.25) is 0 Å². The molecule has 5 nitrogen and oxygen atoms in total. The summed E-state index contributed by atoms with van der Waals surface area (Å²) in [5.41, 5.74) is 2.30. The summed E-state index contributed by atoms with van der Waals surface area (Å²) >= 11 is 0. The van der Waals surface area contributed by atoms with Gasteiger partial charge in [0.15, 0.2) is 0 Å². The number of halogens is 1. The molecular weight excluding hydrogens is 298 g/mol. The van der Waals surface area contributed by atoms with E-state index < -0.39 is 0 Å². The van der Waals surface area contributed by atoms with Crippen molar-refractivity contribution < 1.29 is 0 Å². The second-order valence-corrected chi connectivity index (χ2v) is 5.64. The van der Waals surface area contributed by atoms with E-state index in [2.05, 4.69) is 43.6 Å². The first-order valence-corrected chi connectivity index (χ1v) is 7.75. The van der Waals surface area contributed by atoms with E-state index in [0.29, 0.717) is 6.04 Å². The number of nitrogens with one attached hydrogen (secondary N) is 2. The Labute approximate surface area is 137 Å². The van der Waals surface area contributed by atoms with Crippen LogP contribution >= 0.6 is 12.4 Å². The molecule has 1 aliphatic heterocycles. The number of nitrogens with zero attached hydrogens (tertiary/aromatic N) is 3. The molecule has 1 saturated heterocycles. The van der Waals surface area contributed by atoms with E-state index in [9.17, 15) is 0 Å². The molecule has 0 amide bonds. The predicted molar refractivity (Wildman–Crippen MR) is 89.8 cm³/mol. The molecule has 6 heteroatoms. The molecule has 0 radical (unpaired) electrons. The van der Waals surface area contributed by atoms with E-state index in [-0.39, 0.29) is 12.4 Å². The lowest BCUT2D eigenvalue weighted by atomic mass is 10.1. The summed E-state index contributed by atoms with van der Waals surface area (Å²) in [6.45, 7) is 4.04. The molecule has 2 aromatic heterocycles. The number of aromatic amines is 1. The molecule has 1 atom stereocenters. The Morgan fingerprint density at radius 1 is 1.09 bits per heavy atom. The first-order chi connectivity index (χ1) is 10.4. The zero-order valence-electron chi connectivity index (χ0n) is 12.7. The summed E-state index contributed by atoms with van der Waals surface area (Å²) in [7, 11) is 0. The topological polar surface area (TPSA) is 56.8 Å². The molecular formula is C16H24ClN5. The minimum atomic E-state index is 0. The Balaban J connectivity index is 0.00000176. The molecule has 22 heavy (non-hydrogen) atoms. The smallest absolute Gasteiger partial charge is 0.0544 e. The van der Waals surface area contributed by atoms with Crippen molar-refractivity contribution >= 4 is 12.4 Å². The van der Waals surface area contributed by atoms with E-state index in [1.54, 1.807) is 0 Å². The van der Waals surface area contributed by atoms with Crippen LogP contribution in [0.4, 0.5) is 0 Å². The standard InChI is InChI=1S/C16H23N5.ClH/c1-2-9-18-14(4-1)12-21(13-15-6-11-19-20-15)16-5-3-8-17-10-7-16;/h1-2,4,6,9,11,16-17H,3,5,7-8,10,12-13H2,(H,19,20);1H. The molecule has 0 aromatic carbocycles. The first kappa shape index (κ1) is 16.9. The zero-order chi connectivity index (χ0) is 14.3. The third kappa shape index (κ3) is 4.80. The predicted octanol–water partition coefficient (Wildman–Crippen LogP) is 2.37. The van der Waals surface area contributed by atoms with Crippen LogP contribution in [0, 0.1) is 0 Å². The number of hydrogen-bond donors (Lipinski definition) is 2. The summed E-state index contributed by atoms with van der Waals surface area (Å²) in [6.07, 6.45) is 7.38. The van der Waals surface area contributed by atoms with Crippen molar-refractivity contribution in [1.82, 2.24) is 25.4 Å². The Bertz CT molecular complexity index is 509. The third-order valence-electron chi connectivity index (χ3n) is 4.08. The molecule has 2 aromatic rings. The van der Waals surface area contributed by atoms with Gasteiger partial charge in [0, 0.05) is 37.2 Å². The summed E-state index contributed by atoms with van der Waals surface area (Å²) in [4.78, 5) is 7.01. The van der Waals surface area contributed by atoms with Gasteiger partial charge in [0.25, 0.3) is 0 Å². The fourth-order valence-corrected chi connectivity index (χ4v) is 2.97. The fraction of sp³-hybridized carbons (Fsp3) is 0.500. The maximum absolute atomic E-state index is 4.48. The quantitative estimate of drug-likeness (QED) is 0.887. The Hall–Kier alpha value is -1.43. The maximum Gasteiger partial charge on any atom is 0.0544 e. The lowest BCUT2D eigenvalue weighted by Gasteiger charge is -2.30. The summed E-state index contributed by atoms with van der Waals surface area (Å²) in [5, 5.41) is 10.6. The molecule has 3 rings (SSSR count). The van der Waals surface area contributed by atoms with Crippen molar-refractivity contribution in [2.75, 3.05) is 13.1 Å². The molecule has 1 fully saturated rings. The summed E-state index contributed by atoms with van der Waals surface area (Å²) < 4.78 is 0. The van der Waals surface area contributed by atoms with Gasteiger partial charge in [-0.25, -0.2) is 0 Å². The zero-order valence-corrected chi connectivity index (χ0v) is 13.6. The highest BCUT2D eigenvalue weighted by molar-refractivity contribution is 5.85. The van der Waals surface area contributed by atoms with E-state index >= 15 is 0 Å². The van der Waals surface area contributed by atoms with Crippen LogP contribution in [0.25, 0.3) is 0 Å². The molecule has 1 unspecified atom stereocenters. The summed E-state index contributed by atoms with van der Waals surface area (Å²) in [6, 6.07) is 8.80. The second-order valence-electron chi connectivity index (χ2n) is 5.64. The highest BCUT2D eigenvalue weighted by atomic mass is 35.5. The van der Waals surface area contributed by atoms with Crippen molar-refractivity contribution in [2.24, 2.45) is 0 Å². The molecule has 2 N–H and O–H groups in total. The number of rotatable bonds is 5. The highest BCUT2D eigenvalue weighted by Gasteiger charge is 2.21. The monoisotopic (exact) mass is 321 g/mol. The number of pyridine rings is 1. The van der Waals surface area contributed by atoms with Crippen LogP contribution in [0.3, 0.4) is 0 Å². The van der Waals surface area contributed by atoms with Gasteiger partial charge >= 0.3 is 0 Å². The normalized spacial score (nSPS) is 18.7. The lowest BCUT2D eigenvalue weighted by molar-refractivity contribution is 0.160. The van der Waals surface area contributed by atoms with E-state index in [1.807, 2.05) is 18.5 Å². The fourth-order valence-electron chi connectivity index (χ4n) is 2.97. The van der Waals surface area contributed by atoms with E-state index in [1.165, 1.54) is 25.0 Å². The number of hydrogen-bond acceptors (Lipinski definition) is 4. The SMILES string of the molecule is Cl.c1ccc(CN(Cc2ccn[nH]2)C2CCCNCC2)nc1. The van der Waals surface area contributed by atoms with Crippen molar-refractivity contribution in [3.05, 3.63) is 48.0 Å². The van der Waals surface area contributed by atoms with Gasteiger partial charge in [-0.2, -0.15) is 5.10 Å². The average Bonchev–Trinajstić information content (AvgIpc) is 2.87. The largest absolute Gasteiger partial charge is 0.317 e. The minimum Gasteiger partial charge on any atom is -0.317 e. The minimum absolute atomic E-state index is 0. The van der Waals surface area contributed by atoms with Gasteiger partial charge in [0.05, 0.1) is 5.69 Å². The molecule has 3 heterocycles. The van der Waals surface area contributed by atoms with Crippen LogP contribution < -0.4 is 5.32 Å². The Morgan fingerprint density at radius 2 is 2.05 bits per heavy atom. The van der Waals surface area contributed by atoms with Gasteiger partial charge in [-0.3, -0.25) is 15.0 Å². The Kier molecular flexibility index (Phi) is 6.83. The molecule has 1 aliphatic rings. The second kappa shape index (κ2) is 8.88. The highest BCUT2D eigenvalue weighted by Crippen LogP contribution is 2.18. The van der Waals surface area contributed by atoms with Crippen LogP contribution in [0.15, 0.2) is 36.7 Å². The van der Waals surface area contributed by atoms with Gasteiger partial charge in [0.2, 0.25) is 0 Å². The average molecular weight is 322 g/mol.